The molecule has 1 unspecified atom stereocenters. The largest absolute Gasteiger partial charge is 0.310 e. The maximum atomic E-state index is 13.8. The average Bonchev–Trinajstić information content (AvgIpc) is 2.45. The van der Waals surface area contributed by atoms with E-state index < -0.39 is 0 Å². The van der Waals surface area contributed by atoms with Crippen LogP contribution < -0.4 is 5.32 Å². The molecule has 19 heavy (non-hydrogen) atoms. The van der Waals surface area contributed by atoms with Crippen molar-refractivity contribution in [2.24, 2.45) is 0 Å². The van der Waals surface area contributed by atoms with Crippen molar-refractivity contribution < 1.29 is 4.39 Å². The highest BCUT2D eigenvalue weighted by molar-refractivity contribution is 5.21. The number of pyridine rings is 1. The first kappa shape index (κ1) is 13.7. The lowest BCUT2D eigenvalue weighted by Gasteiger charge is -2.18. The van der Waals surface area contributed by atoms with E-state index in [4.69, 9.17) is 0 Å². The zero-order chi connectivity index (χ0) is 13.5. The van der Waals surface area contributed by atoms with Crippen molar-refractivity contribution in [3.63, 3.8) is 0 Å². The summed E-state index contributed by atoms with van der Waals surface area (Å²) < 4.78 is 13.8. The van der Waals surface area contributed by atoms with Crippen molar-refractivity contribution in [2.45, 2.75) is 25.8 Å². The molecule has 0 amide bonds. The molecule has 3 heteroatoms. The molecule has 2 aromatic rings. The van der Waals surface area contributed by atoms with Gasteiger partial charge in [0.05, 0.1) is 0 Å². The minimum atomic E-state index is -0.144. The van der Waals surface area contributed by atoms with Crippen molar-refractivity contribution in [3.8, 4) is 0 Å². The van der Waals surface area contributed by atoms with Crippen molar-refractivity contribution in [1.82, 2.24) is 10.3 Å². The summed E-state index contributed by atoms with van der Waals surface area (Å²) >= 11 is 0. The summed E-state index contributed by atoms with van der Waals surface area (Å²) in [5.74, 6) is -0.144. The van der Waals surface area contributed by atoms with Crippen LogP contribution in [-0.4, -0.2) is 11.5 Å². The standard InChI is InChI=1S/C16H19FN2/c1-2-18-16(14-8-3-4-9-15(14)17)11-10-13-7-5-6-12-19-13/h3-9,12,16,18H,2,10-11H2,1H3. The van der Waals surface area contributed by atoms with Gasteiger partial charge in [0.25, 0.3) is 0 Å². The van der Waals surface area contributed by atoms with Crippen LogP contribution in [0.5, 0.6) is 0 Å². The van der Waals surface area contributed by atoms with Crippen molar-refractivity contribution in [3.05, 3.63) is 65.7 Å². The number of aromatic nitrogens is 1. The molecule has 1 N–H and O–H groups in total. The number of benzene rings is 1. The van der Waals surface area contributed by atoms with Gasteiger partial charge in [0.1, 0.15) is 5.82 Å². The summed E-state index contributed by atoms with van der Waals surface area (Å²) in [6, 6.07) is 12.9. The van der Waals surface area contributed by atoms with E-state index in [2.05, 4.69) is 10.3 Å². The summed E-state index contributed by atoms with van der Waals surface area (Å²) in [5, 5.41) is 3.34. The monoisotopic (exact) mass is 258 g/mol. The Morgan fingerprint density at radius 1 is 1.16 bits per heavy atom. The fourth-order valence-electron chi connectivity index (χ4n) is 2.21. The molecule has 2 rings (SSSR count). The average molecular weight is 258 g/mol. The van der Waals surface area contributed by atoms with E-state index in [1.165, 1.54) is 6.07 Å². The third-order valence-corrected chi connectivity index (χ3v) is 3.15. The summed E-state index contributed by atoms with van der Waals surface area (Å²) in [6.07, 6.45) is 3.47. The Labute approximate surface area is 113 Å². The maximum absolute atomic E-state index is 13.8. The van der Waals surface area contributed by atoms with Crippen LogP contribution >= 0.6 is 0 Å². The van der Waals surface area contributed by atoms with Crippen LogP contribution in [0.25, 0.3) is 0 Å². The van der Waals surface area contributed by atoms with Gasteiger partial charge in [-0.15, -0.1) is 0 Å². The quantitative estimate of drug-likeness (QED) is 0.857. The highest BCUT2D eigenvalue weighted by Crippen LogP contribution is 2.21. The van der Waals surface area contributed by atoms with E-state index in [-0.39, 0.29) is 11.9 Å². The molecule has 1 atom stereocenters. The molecule has 100 valence electrons. The van der Waals surface area contributed by atoms with Crippen LogP contribution in [0.15, 0.2) is 48.7 Å². The van der Waals surface area contributed by atoms with Crippen molar-refractivity contribution in [1.29, 1.82) is 0 Å². The van der Waals surface area contributed by atoms with Gasteiger partial charge in [-0.05, 0) is 37.6 Å². The molecule has 0 fully saturated rings. The van der Waals surface area contributed by atoms with Gasteiger partial charge >= 0.3 is 0 Å². The molecular weight excluding hydrogens is 239 g/mol. The Bertz CT molecular complexity index is 499. The molecular formula is C16H19FN2. The smallest absolute Gasteiger partial charge is 0.127 e. The molecule has 0 saturated heterocycles. The van der Waals surface area contributed by atoms with Gasteiger partial charge in [-0.2, -0.15) is 0 Å². The Kier molecular flexibility index (Phi) is 5.04. The fraction of sp³-hybridized carbons (Fsp3) is 0.312. The van der Waals surface area contributed by atoms with Crippen LogP contribution in [0, 0.1) is 5.82 Å². The van der Waals surface area contributed by atoms with Crippen molar-refractivity contribution >= 4 is 0 Å². The molecule has 0 saturated carbocycles. The van der Waals surface area contributed by atoms with E-state index in [0.29, 0.717) is 0 Å². The maximum Gasteiger partial charge on any atom is 0.127 e. The number of rotatable bonds is 6. The summed E-state index contributed by atoms with van der Waals surface area (Å²) in [5.41, 5.74) is 1.78. The number of halogens is 1. The van der Waals surface area contributed by atoms with Crippen molar-refractivity contribution in [2.75, 3.05) is 6.54 Å². The number of nitrogens with one attached hydrogen (secondary N) is 1. The molecule has 1 heterocycles. The second-order valence-electron chi connectivity index (χ2n) is 4.49. The Morgan fingerprint density at radius 3 is 2.63 bits per heavy atom. The van der Waals surface area contributed by atoms with Crippen LogP contribution in [0.2, 0.25) is 0 Å². The van der Waals surface area contributed by atoms with Crippen LogP contribution in [0.4, 0.5) is 4.39 Å². The first-order valence-corrected chi connectivity index (χ1v) is 6.69. The van der Waals surface area contributed by atoms with Gasteiger partial charge in [-0.25, -0.2) is 4.39 Å². The highest BCUT2D eigenvalue weighted by Gasteiger charge is 2.14. The predicted molar refractivity (Wildman–Crippen MR) is 75.4 cm³/mol. The van der Waals surface area contributed by atoms with Gasteiger partial charge in [0.2, 0.25) is 0 Å². The Morgan fingerprint density at radius 2 is 1.95 bits per heavy atom. The number of hydrogen-bond donors (Lipinski definition) is 1. The topological polar surface area (TPSA) is 24.9 Å². The molecule has 0 spiro atoms. The minimum Gasteiger partial charge on any atom is -0.310 e. The zero-order valence-electron chi connectivity index (χ0n) is 11.1. The Hall–Kier alpha value is -1.74. The number of hydrogen-bond acceptors (Lipinski definition) is 2. The highest BCUT2D eigenvalue weighted by atomic mass is 19.1. The second-order valence-corrected chi connectivity index (χ2v) is 4.49. The third-order valence-electron chi connectivity index (χ3n) is 3.15. The molecule has 0 bridgehead atoms. The lowest BCUT2D eigenvalue weighted by atomic mass is 10.00. The second kappa shape index (κ2) is 7.00. The fourth-order valence-corrected chi connectivity index (χ4v) is 2.21. The van der Waals surface area contributed by atoms with Gasteiger partial charge in [0, 0.05) is 23.5 Å². The molecule has 1 aromatic heterocycles. The third kappa shape index (κ3) is 3.86. The van der Waals surface area contributed by atoms with E-state index in [1.54, 1.807) is 12.3 Å². The van der Waals surface area contributed by atoms with Crippen LogP contribution in [0.1, 0.15) is 30.6 Å². The summed E-state index contributed by atoms with van der Waals surface area (Å²) in [4.78, 5) is 4.31. The first-order valence-electron chi connectivity index (χ1n) is 6.69. The minimum absolute atomic E-state index is 0.0354. The predicted octanol–water partition coefficient (Wildman–Crippen LogP) is 3.50. The summed E-state index contributed by atoms with van der Waals surface area (Å²) in [7, 11) is 0. The SMILES string of the molecule is CCNC(CCc1ccccn1)c1ccccc1F. The van der Waals surface area contributed by atoms with Crippen LogP contribution in [0.3, 0.4) is 0 Å². The van der Waals surface area contributed by atoms with Gasteiger partial charge < -0.3 is 5.32 Å². The van der Waals surface area contributed by atoms with Crippen LogP contribution in [-0.2, 0) is 6.42 Å². The van der Waals surface area contributed by atoms with E-state index >= 15 is 0 Å². The normalized spacial score (nSPS) is 12.3. The van der Waals surface area contributed by atoms with Gasteiger partial charge in [-0.1, -0.05) is 31.2 Å². The molecule has 1 aromatic carbocycles. The first-order chi connectivity index (χ1) is 9.31. The number of aryl methyl sites for hydroxylation is 1. The molecule has 0 aliphatic rings. The lowest BCUT2D eigenvalue weighted by molar-refractivity contribution is 0.483. The molecule has 0 radical (unpaired) electrons. The summed E-state index contributed by atoms with van der Waals surface area (Å²) in [6.45, 7) is 2.86. The molecule has 2 nitrogen and oxygen atoms in total. The molecule has 0 aliphatic heterocycles. The van der Waals surface area contributed by atoms with E-state index in [9.17, 15) is 4.39 Å². The van der Waals surface area contributed by atoms with Gasteiger partial charge in [-0.3, -0.25) is 4.98 Å². The zero-order valence-corrected chi connectivity index (χ0v) is 11.1. The van der Waals surface area contributed by atoms with Gasteiger partial charge in [0.15, 0.2) is 0 Å². The number of nitrogens with zero attached hydrogens (tertiary/aromatic N) is 1. The lowest BCUT2D eigenvalue weighted by Crippen LogP contribution is -2.22. The van der Waals surface area contributed by atoms with E-state index in [0.717, 1.165) is 30.6 Å². The Balaban J connectivity index is 2.07. The molecule has 0 aliphatic carbocycles. The van der Waals surface area contributed by atoms with E-state index in [1.807, 2.05) is 37.3 Å².